The Labute approximate surface area is 162 Å². The summed E-state index contributed by atoms with van der Waals surface area (Å²) in [5, 5.41) is 0.381. The fourth-order valence-corrected chi connectivity index (χ4v) is 2.83. The van der Waals surface area contributed by atoms with Crippen LogP contribution in [0.25, 0.3) is 6.08 Å². The molecular formula is C20H18ClNO5. The maximum atomic E-state index is 12.2. The number of benzene rings is 2. The quantitative estimate of drug-likeness (QED) is 0.551. The highest BCUT2D eigenvalue weighted by Gasteiger charge is 2.24. The minimum atomic E-state index is -0.545. The van der Waals surface area contributed by atoms with Crippen molar-refractivity contribution in [3.8, 4) is 17.2 Å². The summed E-state index contributed by atoms with van der Waals surface area (Å²) >= 11 is 6.27. The minimum Gasteiger partial charge on any atom is -0.497 e. The monoisotopic (exact) mass is 387 g/mol. The van der Waals surface area contributed by atoms with Crippen molar-refractivity contribution < 1.29 is 23.7 Å². The zero-order valence-electron chi connectivity index (χ0n) is 15.1. The molecule has 1 aliphatic rings. The van der Waals surface area contributed by atoms with Crippen LogP contribution in [0.15, 0.2) is 47.1 Å². The topological polar surface area (TPSA) is 66.3 Å². The lowest BCUT2D eigenvalue weighted by Crippen LogP contribution is -2.05. The highest BCUT2D eigenvalue weighted by molar-refractivity contribution is 6.32. The number of rotatable bonds is 6. The van der Waals surface area contributed by atoms with E-state index in [9.17, 15) is 4.79 Å². The SMILES string of the molecule is CCOc1c(Cl)cc(C=C2N=C(c3cccc(OC)c3)OC2=O)cc1OC. The van der Waals surface area contributed by atoms with E-state index in [1.165, 1.54) is 7.11 Å². The van der Waals surface area contributed by atoms with Crippen LogP contribution in [-0.2, 0) is 9.53 Å². The number of hydrogen-bond donors (Lipinski definition) is 0. The molecule has 6 nitrogen and oxygen atoms in total. The van der Waals surface area contributed by atoms with Crippen LogP contribution in [0.5, 0.6) is 17.2 Å². The number of carbonyl (C=O) groups is 1. The molecule has 2 aromatic carbocycles. The molecule has 1 heterocycles. The van der Waals surface area contributed by atoms with Crippen molar-refractivity contribution in [2.45, 2.75) is 6.92 Å². The molecule has 1 aliphatic heterocycles. The molecule has 0 fully saturated rings. The molecule has 2 aromatic rings. The highest BCUT2D eigenvalue weighted by atomic mass is 35.5. The molecule has 0 bridgehead atoms. The zero-order valence-corrected chi connectivity index (χ0v) is 15.9. The fraction of sp³-hybridized carbons (Fsp3) is 0.200. The van der Waals surface area contributed by atoms with Gasteiger partial charge in [-0.2, -0.15) is 0 Å². The summed E-state index contributed by atoms with van der Waals surface area (Å²) in [5.41, 5.74) is 1.45. The van der Waals surface area contributed by atoms with Gasteiger partial charge in [0.15, 0.2) is 17.2 Å². The predicted molar refractivity (Wildman–Crippen MR) is 103 cm³/mol. The van der Waals surface area contributed by atoms with Gasteiger partial charge in [-0.25, -0.2) is 9.79 Å². The normalized spacial score (nSPS) is 14.7. The third kappa shape index (κ3) is 4.06. The van der Waals surface area contributed by atoms with E-state index in [-0.39, 0.29) is 11.6 Å². The van der Waals surface area contributed by atoms with Crippen LogP contribution in [0, 0.1) is 0 Å². The number of aliphatic imine (C=N–C) groups is 1. The summed E-state index contributed by atoms with van der Waals surface area (Å²) in [6.07, 6.45) is 1.58. The maximum absolute atomic E-state index is 12.2. The number of hydrogen-bond acceptors (Lipinski definition) is 6. The van der Waals surface area contributed by atoms with E-state index in [0.29, 0.717) is 40.0 Å². The highest BCUT2D eigenvalue weighted by Crippen LogP contribution is 2.37. The van der Waals surface area contributed by atoms with Gasteiger partial charge in [0.25, 0.3) is 0 Å². The van der Waals surface area contributed by atoms with Crippen LogP contribution in [0.3, 0.4) is 0 Å². The van der Waals surface area contributed by atoms with E-state index in [1.807, 2.05) is 6.92 Å². The molecule has 0 saturated heterocycles. The average Bonchev–Trinajstić information content (AvgIpc) is 3.04. The lowest BCUT2D eigenvalue weighted by atomic mass is 10.1. The third-order valence-corrected chi connectivity index (χ3v) is 4.06. The summed E-state index contributed by atoms with van der Waals surface area (Å²) in [4.78, 5) is 16.5. The number of esters is 1. The third-order valence-electron chi connectivity index (χ3n) is 3.78. The molecule has 3 rings (SSSR count). The van der Waals surface area contributed by atoms with Gasteiger partial charge in [-0.3, -0.25) is 0 Å². The molecule has 0 unspecified atom stereocenters. The first-order valence-corrected chi connectivity index (χ1v) is 8.60. The minimum absolute atomic E-state index is 0.162. The number of halogens is 1. The molecule has 7 heteroatoms. The molecule has 27 heavy (non-hydrogen) atoms. The van der Waals surface area contributed by atoms with Crippen molar-refractivity contribution in [2.75, 3.05) is 20.8 Å². The second-order valence-electron chi connectivity index (χ2n) is 5.54. The number of nitrogens with zero attached hydrogens (tertiary/aromatic N) is 1. The molecule has 0 spiro atoms. The first kappa shape index (κ1) is 18.8. The van der Waals surface area contributed by atoms with Crippen molar-refractivity contribution in [2.24, 2.45) is 4.99 Å². The molecule has 0 N–H and O–H groups in total. The second kappa shape index (κ2) is 8.14. The number of methoxy groups -OCH3 is 2. The van der Waals surface area contributed by atoms with Crippen molar-refractivity contribution in [3.05, 3.63) is 58.2 Å². The smallest absolute Gasteiger partial charge is 0.363 e. The van der Waals surface area contributed by atoms with Crippen LogP contribution >= 0.6 is 11.6 Å². The number of cyclic esters (lactones) is 1. The van der Waals surface area contributed by atoms with E-state index < -0.39 is 5.97 Å². The van der Waals surface area contributed by atoms with Crippen molar-refractivity contribution in [1.82, 2.24) is 0 Å². The van der Waals surface area contributed by atoms with Crippen LogP contribution in [0.4, 0.5) is 0 Å². The lowest BCUT2D eigenvalue weighted by Gasteiger charge is -2.11. The van der Waals surface area contributed by atoms with Gasteiger partial charge in [0.2, 0.25) is 5.90 Å². The molecule has 0 amide bonds. The van der Waals surface area contributed by atoms with Crippen molar-refractivity contribution in [3.63, 3.8) is 0 Å². The molecule has 140 valence electrons. The van der Waals surface area contributed by atoms with Crippen LogP contribution < -0.4 is 14.2 Å². The van der Waals surface area contributed by atoms with Crippen LogP contribution in [-0.4, -0.2) is 32.7 Å². The second-order valence-corrected chi connectivity index (χ2v) is 5.94. The van der Waals surface area contributed by atoms with E-state index in [0.717, 1.165) is 0 Å². The molecule has 0 radical (unpaired) electrons. The van der Waals surface area contributed by atoms with Crippen LogP contribution in [0.2, 0.25) is 5.02 Å². The maximum Gasteiger partial charge on any atom is 0.363 e. The summed E-state index contributed by atoms with van der Waals surface area (Å²) in [6.45, 7) is 2.31. The number of carbonyl (C=O) groups excluding carboxylic acids is 1. The van der Waals surface area contributed by atoms with E-state index in [1.54, 1.807) is 49.6 Å². The van der Waals surface area contributed by atoms with Gasteiger partial charge in [-0.1, -0.05) is 17.7 Å². The fourth-order valence-electron chi connectivity index (χ4n) is 2.55. The van der Waals surface area contributed by atoms with E-state index in [4.69, 9.17) is 30.5 Å². The average molecular weight is 388 g/mol. The van der Waals surface area contributed by atoms with Gasteiger partial charge in [0.1, 0.15) is 5.75 Å². The Morgan fingerprint density at radius 2 is 2.00 bits per heavy atom. The number of ether oxygens (including phenoxy) is 4. The standard InChI is InChI=1S/C20H18ClNO5/c1-4-26-18-15(21)8-12(10-17(18)25-3)9-16-20(23)27-19(22-16)13-6-5-7-14(11-13)24-2/h5-11H,4H2,1-3H3. The first-order valence-electron chi connectivity index (χ1n) is 8.23. The Balaban J connectivity index is 1.96. The van der Waals surface area contributed by atoms with Gasteiger partial charge in [-0.05, 0) is 48.9 Å². The van der Waals surface area contributed by atoms with Crippen LogP contribution in [0.1, 0.15) is 18.1 Å². The first-order chi connectivity index (χ1) is 13.0. The van der Waals surface area contributed by atoms with Crippen molar-refractivity contribution >= 4 is 29.5 Å². The zero-order chi connectivity index (χ0) is 19.4. The lowest BCUT2D eigenvalue weighted by molar-refractivity contribution is -0.129. The van der Waals surface area contributed by atoms with Gasteiger partial charge >= 0.3 is 5.97 Å². The Hall–Kier alpha value is -2.99. The van der Waals surface area contributed by atoms with E-state index >= 15 is 0 Å². The molecule has 0 aromatic heterocycles. The van der Waals surface area contributed by atoms with Gasteiger partial charge in [0.05, 0.1) is 25.8 Å². The largest absolute Gasteiger partial charge is 0.497 e. The van der Waals surface area contributed by atoms with Gasteiger partial charge < -0.3 is 18.9 Å². The van der Waals surface area contributed by atoms with Gasteiger partial charge in [0, 0.05) is 5.56 Å². The Morgan fingerprint density at radius 3 is 2.70 bits per heavy atom. The van der Waals surface area contributed by atoms with Crippen molar-refractivity contribution in [1.29, 1.82) is 0 Å². The molecule has 0 saturated carbocycles. The Morgan fingerprint density at radius 1 is 1.19 bits per heavy atom. The Bertz CT molecular complexity index is 936. The predicted octanol–water partition coefficient (Wildman–Crippen LogP) is 4.10. The molecular weight excluding hydrogens is 370 g/mol. The summed E-state index contributed by atoms with van der Waals surface area (Å²) in [6, 6.07) is 10.5. The molecule has 0 atom stereocenters. The van der Waals surface area contributed by atoms with E-state index in [2.05, 4.69) is 4.99 Å². The van der Waals surface area contributed by atoms with Gasteiger partial charge in [-0.15, -0.1) is 0 Å². The Kier molecular flexibility index (Phi) is 5.66. The molecule has 0 aliphatic carbocycles. The summed E-state index contributed by atoms with van der Waals surface area (Å²) < 4.78 is 21.3. The summed E-state index contributed by atoms with van der Waals surface area (Å²) in [7, 11) is 3.09. The summed E-state index contributed by atoms with van der Waals surface area (Å²) in [5.74, 6) is 1.25.